The predicted molar refractivity (Wildman–Crippen MR) is 85.2 cm³/mol. The van der Waals surface area contributed by atoms with Crippen LogP contribution in [-0.4, -0.2) is 36.3 Å². The Labute approximate surface area is 123 Å². The monoisotopic (exact) mass is 293 g/mol. The number of anilines is 1. The SMILES string of the molecule is CNc1nc(CN(C)CCSc2ccccc2)cs1. The highest BCUT2D eigenvalue weighted by atomic mass is 32.2. The lowest BCUT2D eigenvalue weighted by atomic mass is 10.4. The van der Waals surface area contributed by atoms with Crippen LogP contribution in [-0.2, 0) is 6.54 Å². The normalized spacial score (nSPS) is 10.9. The smallest absolute Gasteiger partial charge is 0.182 e. The van der Waals surface area contributed by atoms with Gasteiger partial charge < -0.3 is 5.32 Å². The Hall–Kier alpha value is -1.04. The zero-order valence-corrected chi connectivity index (χ0v) is 12.9. The number of benzene rings is 1. The molecule has 0 atom stereocenters. The molecule has 0 aliphatic carbocycles. The molecule has 0 saturated heterocycles. The number of nitrogens with one attached hydrogen (secondary N) is 1. The first-order valence-electron chi connectivity index (χ1n) is 6.26. The van der Waals surface area contributed by atoms with Gasteiger partial charge in [0.25, 0.3) is 0 Å². The van der Waals surface area contributed by atoms with Crippen molar-refractivity contribution in [2.24, 2.45) is 0 Å². The molecule has 5 heteroatoms. The summed E-state index contributed by atoms with van der Waals surface area (Å²) in [7, 11) is 4.05. The molecule has 3 nitrogen and oxygen atoms in total. The molecule has 19 heavy (non-hydrogen) atoms. The maximum Gasteiger partial charge on any atom is 0.182 e. The molecule has 0 fully saturated rings. The summed E-state index contributed by atoms with van der Waals surface area (Å²) in [5.74, 6) is 1.10. The Morgan fingerprint density at radius 2 is 2.11 bits per heavy atom. The number of thioether (sulfide) groups is 1. The van der Waals surface area contributed by atoms with E-state index in [9.17, 15) is 0 Å². The van der Waals surface area contributed by atoms with Gasteiger partial charge in [-0.1, -0.05) is 18.2 Å². The largest absolute Gasteiger partial charge is 0.365 e. The molecular formula is C14H19N3S2. The summed E-state index contributed by atoms with van der Waals surface area (Å²) >= 11 is 3.56. The maximum absolute atomic E-state index is 4.49. The summed E-state index contributed by atoms with van der Waals surface area (Å²) in [5.41, 5.74) is 1.14. The molecule has 1 aromatic carbocycles. The first-order chi connectivity index (χ1) is 9.28. The van der Waals surface area contributed by atoms with Crippen LogP contribution in [0, 0.1) is 0 Å². The second-order valence-corrected chi connectivity index (χ2v) is 6.32. The molecule has 0 saturated carbocycles. The molecule has 1 N–H and O–H groups in total. The van der Waals surface area contributed by atoms with Gasteiger partial charge >= 0.3 is 0 Å². The molecule has 0 bridgehead atoms. The van der Waals surface area contributed by atoms with Gasteiger partial charge in [0.05, 0.1) is 5.69 Å². The van der Waals surface area contributed by atoms with Crippen molar-refractivity contribution >= 4 is 28.2 Å². The summed E-state index contributed by atoms with van der Waals surface area (Å²) in [6.07, 6.45) is 0. The third-order valence-corrected chi connectivity index (χ3v) is 4.58. The van der Waals surface area contributed by atoms with E-state index in [-0.39, 0.29) is 0 Å². The van der Waals surface area contributed by atoms with Gasteiger partial charge in [-0.2, -0.15) is 0 Å². The fraction of sp³-hybridized carbons (Fsp3) is 0.357. The van der Waals surface area contributed by atoms with Crippen LogP contribution in [0.3, 0.4) is 0 Å². The number of nitrogens with zero attached hydrogens (tertiary/aromatic N) is 2. The Morgan fingerprint density at radius 1 is 1.32 bits per heavy atom. The fourth-order valence-electron chi connectivity index (χ4n) is 1.69. The lowest BCUT2D eigenvalue weighted by Crippen LogP contribution is -2.20. The molecule has 0 amide bonds. The van der Waals surface area contributed by atoms with E-state index in [0.717, 1.165) is 29.7 Å². The minimum absolute atomic E-state index is 0.910. The lowest BCUT2D eigenvalue weighted by molar-refractivity contribution is 0.345. The summed E-state index contributed by atoms with van der Waals surface area (Å²) in [6.45, 7) is 1.97. The van der Waals surface area contributed by atoms with Crippen LogP contribution < -0.4 is 5.32 Å². The van der Waals surface area contributed by atoms with Crippen molar-refractivity contribution in [2.75, 3.05) is 31.7 Å². The molecular weight excluding hydrogens is 274 g/mol. The van der Waals surface area contributed by atoms with Crippen LogP contribution in [0.25, 0.3) is 0 Å². The van der Waals surface area contributed by atoms with E-state index in [1.54, 1.807) is 11.3 Å². The number of aromatic nitrogens is 1. The molecule has 0 radical (unpaired) electrons. The second-order valence-electron chi connectivity index (χ2n) is 4.29. The van der Waals surface area contributed by atoms with Crippen molar-refractivity contribution in [3.8, 4) is 0 Å². The minimum Gasteiger partial charge on any atom is -0.365 e. The molecule has 0 spiro atoms. The molecule has 2 rings (SSSR count). The van der Waals surface area contributed by atoms with E-state index in [4.69, 9.17) is 0 Å². The topological polar surface area (TPSA) is 28.2 Å². The van der Waals surface area contributed by atoms with Crippen LogP contribution in [0.4, 0.5) is 5.13 Å². The number of hydrogen-bond donors (Lipinski definition) is 1. The van der Waals surface area contributed by atoms with E-state index in [1.807, 2.05) is 18.8 Å². The highest BCUT2D eigenvalue weighted by Gasteiger charge is 2.04. The highest BCUT2D eigenvalue weighted by Crippen LogP contribution is 2.18. The second kappa shape index (κ2) is 7.53. The highest BCUT2D eigenvalue weighted by molar-refractivity contribution is 7.99. The molecule has 0 aliphatic heterocycles. The quantitative estimate of drug-likeness (QED) is 0.792. The predicted octanol–water partition coefficient (Wildman–Crippen LogP) is 3.41. The first-order valence-corrected chi connectivity index (χ1v) is 8.13. The van der Waals surface area contributed by atoms with Crippen molar-refractivity contribution < 1.29 is 0 Å². The standard InChI is InChI=1S/C14H19N3S2/c1-15-14-16-12(11-19-14)10-17(2)8-9-18-13-6-4-3-5-7-13/h3-7,11H,8-10H2,1-2H3,(H,15,16). The molecule has 0 unspecified atom stereocenters. The van der Waals surface area contributed by atoms with Gasteiger partial charge in [0, 0.05) is 36.2 Å². The van der Waals surface area contributed by atoms with Gasteiger partial charge in [0.15, 0.2) is 5.13 Å². The zero-order chi connectivity index (χ0) is 13.5. The first kappa shape index (κ1) is 14.4. The van der Waals surface area contributed by atoms with Gasteiger partial charge in [-0.3, -0.25) is 4.90 Å². The summed E-state index contributed by atoms with van der Waals surface area (Å²) in [5, 5.41) is 6.18. The lowest BCUT2D eigenvalue weighted by Gasteiger charge is -2.14. The van der Waals surface area contributed by atoms with E-state index >= 15 is 0 Å². The summed E-state index contributed by atoms with van der Waals surface area (Å²) in [6, 6.07) is 10.5. The Morgan fingerprint density at radius 3 is 2.79 bits per heavy atom. The Kier molecular flexibility index (Phi) is 5.69. The van der Waals surface area contributed by atoms with Crippen molar-refractivity contribution in [3.63, 3.8) is 0 Å². The molecule has 2 aromatic rings. The third kappa shape index (κ3) is 4.86. The summed E-state index contributed by atoms with van der Waals surface area (Å²) in [4.78, 5) is 8.14. The van der Waals surface area contributed by atoms with Crippen molar-refractivity contribution in [2.45, 2.75) is 11.4 Å². The zero-order valence-electron chi connectivity index (χ0n) is 11.3. The molecule has 1 heterocycles. The minimum atomic E-state index is 0.910. The van der Waals surface area contributed by atoms with E-state index in [2.05, 4.69) is 58.0 Å². The third-order valence-electron chi connectivity index (χ3n) is 2.68. The van der Waals surface area contributed by atoms with Crippen LogP contribution in [0.15, 0.2) is 40.6 Å². The summed E-state index contributed by atoms with van der Waals surface area (Å²) < 4.78 is 0. The maximum atomic E-state index is 4.49. The number of rotatable bonds is 7. The number of thiazole rings is 1. The average Bonchev–Trinajstić information content (AvgIpc) is 2.87. The molecule has 102 valence electrons. The van der Waals surface area contributed by atoms with E-state index in [0.29, 0.717) is 0 Å². The van der Waals surface area contributed by atoms with Gasteiger partial charge in [-0.05, 0) is 19.2 Å². The van der Waals surface area contributed by atoms with Crippen LogP contribution >= 0.6 is 23.1 Å². The Bertz CT molecular complexity index is 484. The molecule has 1 aromatic heterocycles. The van der Waals surface area contributed by atoms with Crippen LogP contribution in [0.2, 0.25) is 0 Å². The van der Waals surface area contributed by atoms with Crippen LogP contribution in [0.5, 0.6) is 0 Å². The van der Waals surface area contributed by atoms with Crippen molar-refractivity contribution in [1.29, 1.82) is 0 Å². The number of hydrogen-bond acceptors (Lipinski definition) is 5. The van der Waals surface area contributed by atoms with Crippen LogP contribution in [0.1, 0.15) is 5.69 Å². The van der Waals surface area contributed by atoms with Crippen molar-refractivity contribution in [3.05, 3.63) is 41.4 Å². The van der Waals surface area contributed by atoms with Gasteiger partial charge in [-0.15, -0.1) is 23.1 Å². The fourth-order valence-corrected chi connectivity index (χ4v) is 3.34. The van der Waals surface area contributed by atoms with E-state index in [1.165, 1.54) is 4.90 Å². The van der Waals surface area contributed by atoms with Crippen molar-refractivity contribution in [1.82, 2.24) is 9.88 Å². The average molecular weight is 293 g/mol. The Balaban J connectivity index is 1.71. The van der Waals surface area contributed by atoms with Gasteiger partial charge in [0.2, 0.25) is 0 Å². The van der Waals surface area contributed by atoms with Gasteiger partial charge in [-0.25, -0.2) is 4.98 Å². The van der Waals surface area contributed by atoms with E-state index < -0.39 is 0 Å². The van der Waals surface area contributed by atoms with Gasteiger partial charge in [0.1, 0.15) is 0 Å². The molecule has 0 aliphatic rings.